The summed E-state index contributed by atoms with van der Waals surface area (Å²) in [5.74, 6) is -0.398. The molecule has 108 valence electrons. The molecule has 1 unspecified atom stereocenters. The number of hydrogen-bond acceptors (Lipinski definition) is 4. The lowest BCUT2D eigenvalue weighted by atomic mass is 10.0. The van der Waals surface area contributed by atoms with Gasteiger partial charge >= 0.3 is 5.97 Å². The fourth-order valence-electron chi connectivity index (χ4n) is 2.15. The summed E-state index contributed by atoms with van der Waals surface area (Å²) >= 11 is 0. The molecule has 5 heteroatoms. The number of carbonyl (C=O) groups is 1. The minimum atomic E-state index is -1.07. The van der Waals surface area contributed by atoms with Crippen LogP contribution in [-0.2, 0) is 16.1 Å². The predicted octanol–water partition coefficient (Wildman–Crippen LogP) is 1.93. The number of esters is 1. The molecule has 1 heterocycles. The van der Waals surface area contributed by atoms with Crippen molar-refractivity contribution in [1.29, 1.82) is 0 Å². The first-order valence-electron chi connectivity index (χ1n) is 6.73. The number of rotatable bonds is 4. The first-order valence-corrected chi connectivity index (χ1v) is 6.73. The molecule has 1 aromatic carbocycles. The molecule has 1 aromatic heterocycles. The van der Waals surface area contributed by atoms with Crippen LogP contribution in [0, 0.1) is 13.8 Å². The topological polar surface area (TPSA) is 70.1 Å². The smallest absolute Gasteiger partial charge is 0.327 e. The highest BCUT2D eigenvalue weighted by Crippen LogP contribution is 2.20. The molecule has 2 rings (SSSR count). The van der Waals surface area contributed by atoms with Crippen molar-refractivity contribution < 1.29 is 9.53 Å². The molecular weight excluding hydrogens is 254 g/mol. The molecule has 0 spiro atoms. The second-order valence-electron chi connectivity index (χ2n) is 5.44. The van der Waals surface area contributed by atoms with E-state index in [2.05, 4.69) is 24.9 Å². The summed E-state index contributed by atoms with van der Waals surface area (Å²) in [4.78, 5) is 16.2. The number of aromatic nitrogens is 2. The standard InChI is InChI=1S/C15H21N3O2/c1-5-20-14(19)15(4,16)8-18-9-17-12-6-10(2)11(3)7-13(12)18/h6-7,9H,5,8,16H2,1-4H3. The van der Waals surface area contributed by atoms with Gasteiger partial charge in [-0.25, -0.2) is 9.78 Å². The lowest BCUT2D eigenvalue weighted by molar-refractivity contribution is -0.149. The Morgan fingerprint density at radius 3 is 2.70 bits per heavy atom. The van der Waals surface area contributed by atoms with Crippen molar-refractivity contribution in [2.45, 2.75) is 39.8 Å². The van der Waals surface area contributed by atoms with E-state index in [0.29, 0.717) is 13.2 Å². The highest BCUT2D eigenvalue weighted by atomic mass is 16.5. The molecule has 0 aliphatic heterocycles. The highest BCUT2D eigenvalue weighted by Gasteiger charge is 2.31. The number of benzene rings is 1. The Bertz CT molecular complexity index is 644. The molecule has 20 heavy (non-hydrogen) atoms. The van der Waals surface area contributed by atoms with Crippen LogP contribution in [0.3, 0.4) is 0 Å². The van der Waals surface area contributed by atoms with Crippen LogP contribution in [0.5, 0.6) is 0 Å². The fourth-order valence-corrected chi connectivity index (χ4v) is 2.15. The van der Waals surface area contributed by atoms with Crippen LogP contribution in [0.4, 0.5) is 0 Å². The van der Waals surface area contributed by atoms with Gasteiger partial charge in [-0.15, -0.1) is 0 Å². The number of aryl methyl sites for hydroxylation is 2. The van der Waals surface area contributed by atoms with Gasteiger partial charge < -0.3 is 15.0 Å². The minimum Gasteiger partial charge on any atom is -0.465 e. The Balaban J connectivity index is 2.34. The summed E-state index contributed by atoms with van der Waals surface area (Å²) in [5.41, 5.74) is 9.28. The zero-order valence-corrected chi connectivity index (χ0v) is 12.4. The van der Waals surface area contributed by atoms with Gasteiger partial charge in [-0.05, 0) is 51.0 Å². The summed E-state index contributed by atoms with van der Waals surface area (Å²) in [6.45, 7) is 8.22. The van der Waals surface area contributed by atoms with Crippen molar-refractivity contribution in [1.82, 2.24) is 9.55 Å². The molecule has 2 aromatic rings. The van der Waals surface area contributed by atoms with Crippen molar-refractivity contribution in [3.8, 4) is 0 Å². The summed E-state index contributed by atoms with van der Waals surface area (Å²) in [5, 5.41) is 0. The summed E-state index contributed by atoms with van der Waals surface area (Å²) < 4.78 is 6.91. The lowest BCUT2D eigenvalue weighted by Crippen LogP contribution is -2.49. The SMILES string of the molecule is CCOC(=O)C(C)(N)Cn1cnc2cc(C)c(C)cc21. The van der Waals surface area contributed by atoms with E-state index in [4.69, 9.17) is 10.5 Å². The normalized spacial score (nSPS) is 14.2. The Morgan fingerprint density at radius 2 is 2.05 bits per heavy atom. The van der Waals surface area contributed by atoms with E-state index in [1.807, 2.05) is 10.6 Å². The molecule has 1 atom stereocenters. The number of nitrogens with two attached hydrogens (primary N) is 1. The van der Waals surface area contributed by atoms with Gasteiger partial charge in [-0.2, -0.15) is 0 Å². The maximum Gasteiger partial charge on any atom is 0.327 e. The van der Waals surface area contributed by atoms with E-state index in [9.17, 15) is 4.79 Å². The van der Waals surface area contributed by atoms with Gasteiger partial charge in [0.15, 0.2) is 0 Å². The Hall–Kier alpha value is -1.88. The predicted molar refractivity (Wildman–Crippen MR) is 78.4 cm³/mol. The van der Waals surface area contributed by atoms with Crippen molar-refractivity contribution in [2.24, 2.45) is 5.73 Å². The summed E-state index contributed by atoms with van der Waals surface area (Å²) in [6.07, 6.45) is 1.72. The minimum absolute atomic E-state index is 0.328. The van der Waals surface area contributed by atoms with Gasteiger partial charge in [0, 0.05) is 0 Å². The lowest BCUT2D eigenvalue weighted by Gasteiger charge is -2.23. The maximum absolute atomic E-state index is 11.9. The van der Waals surface area contributed by atoms with E-state index in [1.165, 1.54) is 11.1 Å². The van der Waals surface area contributed by atoms with E-state index in [1.54, 1.807) is 20.2 Å². The van der Waals surface area contributed by atoms with Crippen LogP contribution in [0.2, 0.25) is 0 Å². The van der Waals surface area contributed by atoms with Crippen LogP contribution in [0.1, 0.15) is 25.0 Å². The first kappa shape index (κ1) is 14.5. The molecule has 5 nitrogen and oxygen atoms in total. The molecule has 0 saturated carbocycles. The third-order valence-corrected chi connectivity index (χ3v) is 3.48. The maximum atomic E-state index is 11.9. The first-order chi connectivity index (χ1) is 9.35. The third-order valence-electron chi connectivity index (χ3n) is 3.48. The third kappa shape index (κ3) is 2.67. The number of carbonyl (C=O) groups excluding carboxylic acids is 1. The van der Waals surface area contributed by atoms with Gasteiger partial charge in [-0.3, -0.25) is 0 Å². The highest BCUT2D eigenvalue weighted by molar-refractivity contribution is 5.81. The average molecular weight is 275 g/mol. The second kappa shape index (κ2) is 5.25. The zero-order valence-electron chi connectivity index (χ0n) is 12.4. The molecule has 0 amide bonds. The van der Waals surface area contributed by atoms with Crippen LogP contribution in [-0.4, -0.2) is 27.7 Å². The quantitative estimate of drug-likeness (QED) is 0.866. The Kier molecular flexibility index (Phi) is 3.81. The molecule has 0 aliphatic rings. The molecule has 0 aliphatic carbocycles. The van der Waals surface area contributed by atoms with E-state index >= 15 is 0 Å². The van der Waals surface area contributed by atoms with Crippen molar-refractivity contribution in [2.75, 3.05) is 6.61 Å². The number of hydrogen-bond donors (Lipinski definition) is 1. The molecule has 0 radical (unpaired) electrons. The summed E-state index contributed by atoms with van der Waals surface area (Å²) in [7, 11) is 0. The summed E-state index contributed by atoms with van der Waals surface area (Å²) in [6, 6.07) is 4.11. The number of fused-ring (bicyclic) bond motifs is 1. The number of ether oxygens (including phenoxy) is 1. The number of nitrogens with zero attached hydrogens (tertiary/aromatic N) is 2. The molecule has 0 saturated heterocycles. The van der Waals surface area contributed by atoms with Gasteiger partial charge in [0.2, 0.25) is 0 Å². The fraction of sp³-hybridized carbons (Fsp3) is 0.467. The monoisotopic (exact) mass is 275 g/mol. The van der Waals surface area contributed by atoms with Gasteiger partial charge in [0.25, 0.3) is 0 Å². The van der Waals surface area contributed by atoms with E-state index < -0.39 is 11.5 Å². The van der Waals surface area contributed by atoms with Crippen LogP contribution >= 0.6 is 0 Å². The van der Waals surface area contributed by atoms with Crippen molar-refractivity contribution in [3.63, 3.8) is 0 Å². The van der Waals surface area contributed by atoms with Crippen molar-refractivity contribution >= 4 is 17.0 Å². The van der Waals surface area contributed by atoms with Crippen LogP contribution in [0.15, 0.2) is 18.5 Å². The molecular formula is C15H21N3O2. The van der Waals surface area contributed by atoms with Gasteiger partial charge in [0.05, 0.1) is 30.5 Å². The van der Waals surface area contributed by atoms with Crippen LogP contribution in [0.25, 0.3) is 11.0 Å². The average Bonchev–Trinajstić information content (AvgIpc) is 2.72. The zero-order chi connectivity index (χ0) is 14.9. The molecule has 0 bridgehead atoms. The number of imidazole rings is 1. The molecule has 2 N–H and O–H groups in total. The molecule has 0 fully saturated rings. The Labute approximate surface area is 118 Å². The van der Waals surface area contributed by atoms with Gasteiger partial charge in [0.1, 0.15) is 5.54 Å². The van der Waals surface area contributed by atoms with Crippen molar-refractivity contribution in [3.05, 3.63) is 29.6 Å². The van der Waals surface area contributed by atoms with E-state index in [-0.39, 0.29) is 0 Å². The van der Waals surface area contributed by atoms with Crippen LogP contribution < -0.4 is 5.73 Å². The second-order valence-corrected chi connectivity index (χ2v) is 5.44. The van der Waals surface area contributed by atoms with Gasteiger partial charge in [-0.1, -0.05) is 0 Å². The van der Waals surface area contributed by atoms with E-state index in [0.717, 1.165) is 11.0 Å². The largest absolute Gasteiger partial charge is 0.465 e. The Morgan fingerprint density at radius 1 is 1.40 bits per heavy atom.